The number of esters is 1. The molecule has 6 nitrogen and oxygen atoms in total. The molecule has 130 valence electrons. The molecule has 3 rings (SSSR count). The molecule has 0 aromatic carbocycles. The lowest BCUT2D eigenvalue weighted by atomic mass is 9.95. The summed E-state index contributed by atoms with van der Waals surface area (Å²) >= 11 is 0. The number of hydrogen-bond acceptors (Lipinski definition) is 5. The molecular formula is C15H16F3N3O3. The molecule has 0 bridgehead atoms. The summed E-state index contributed by atoms with van der Waals surface area (Å²) in [6, 6.07) is 1.60. The van der Waals surface area contributed by atoms with E-state index in [1.807, 2.05) is 0 Å². The number of aromatic nitrogens is 1. The molecule has 1 saturated heterocycles. The summed E-state index contributed by atoms with van der Waals surface area (Å²) in [4.78, 5) is 28.9. The number of primary amides is 1. The van der Waals surface area contributed by atoms with Crippen molar-refractivity contribution in [2.45, 2.75) is 25.6 Å². The van der Waals surface area contributed by atoms with E-state index in [0.29, 0.717) is 5.56 Å². The van der Waals surface area contributed by atoms with Crippen LogP contribution >= 0.6 is 0 Å². The van der Waals surface area contributed by atoms with Gasteiger partial charge in [-0.1, -0.05) is 0 Å². The van der Waals surface area contributed by atoms with E-state index in [1.165, 1.54) is 11.1 Å². The Morgan fingerprint density at radius 2 is 2.08 bits per heavy atom. The number of ether oxygens (including phenoxy) is 1. The van der Waals surface area contributed by atoms with E-state index in [-0.39, 0.29) is 17.9 Å². The predicted octanol–water partition coefficient (Wildman–Crippen LogP) is 1.59. The lowest BCUT2D eigenvalue weighted by Gasteiger charge is -2.21. The average molecular weight is 343 g/mol. The number of pyridine rings is 1. The topological polar surface area (TPSA) is 85.5 Å². The fourth-order valence-corrected chi connectivity index (χ4v) is 3.33. The summed E-state index contributed by atoms with van der Waals surface area (Å²) in [5.74, 6) is -4.83. The van der Waals surface area contributed by atoms with Crippen LogP contribution in [0.3, 0.4) is 0 Å². The summed E-state index contributed by atoms with van der Waals surface area (Å²) in [5, 5.41) is 0. The zero-order valence-electron chi connectivity index (χ0n) is 13.1. The summed E-state index contributed by atoms with van der Waals surface area (Å²) < 4.78 is 44.8. The van der Waals surface area contributed by atoms with E-state index < -0.39 is 42.0 Å². The molecule has 1 fully saturated rings. The van der Waals surface area contributed by atoms with Gasteiger partial charge in [0.05, 0.1) is 11.8 Å². The molecule has 0 unspecified atom stereocenters. The average Bonchev–Trinajstić information content (AvgIpc) is 2.99. The molecular weight excluding hydrogens is 327 g/mol. The zero-order valence-corrected chi connectivity index (χ0v) is 13.1. The van der Waals surface area contributed by atoms with Crippen molar-refractivity contribution in [1.29, 1.82) is 0 Å². The van der Waals surface area contributed by atoms with Crippen molar-refractivity contribution >= 4 is 17.7 Å². The van der Waals surface area contributed by atoms with Crippen LogP contribution in [0.5, 0.6) is 0 Å². The predicted molar refractivity (Wildman–Crippen MR) is 77.1 cm³/mol. The number of nitrogens with two attached hydrogens (primary N) is 1. The second kappa shape index (κ2) is 5.09. The number of anilines is 1. The number of hydrogen-bond donors (Lipinski definition) is 1. The first-order chi connectivity index (χ1) is 11.0. The number of nitrogens with zero attached hydrogens (tertiary/aromatic N) is 2. The van der Waals surface area contributed by atoms with E-state index in [4.69, 9.17) is 10.5 Å². The van der Waals surface area contributed by atoms with Gasteiger partial charge in [-0.2, -0.15) is 13.2 Å². The first-order valence-corrected chi connectivity index (χ1v) is 7.36. The zero-order chi connectivity index (χ0) is 17.9. The maximum atomic E-state index is 13.2. The Morgan fingerprint density at radius 3 is 2.62 bits per heavy atom. The Morgan fingerprint density at radius 1 is 1.42 bits per heavy atom. The molecule has 2 atom stereocenters. The molecule has 3 heterocycles. The Bertz CT molecular complexity index is 718. The van der Waals surface area contributed by atoms with Crippen LogP contribution in [0.25, 0.3) is 0 Å². The second-order valence-corrected chi connectivity index (χ2v) is 6.52. The number of rotatable bonds is 2. The van der Waals surface area contributed by atoms with Gasteiger partial charge in [0.25, 0.3) is 0 Å². The highest BCUT2D eigenvalue weighted by molar-refractivity contribution is 5.99. The maximum Gasteiger partial charge on any atom is 0.394 e. The first kappa shape index (κ1) is 16.5. The molecule has 24 heavy (non-hydrogen) atoms. The van der Waals surface area contributed by atoms with Crippen molar-refractivity contribution in [3.8, 4) is 0 Å². The molecule has 2 aliphatic rings. The van der Waals surface area contributed by atoms with Gasteiger partial charge in [0, 0.05) is 24.8 Å². The van der Waals surface area contributed by atoms with Crippen LogP contribution in [0.15, 0.2) is 12.3 Å². The molecule has 2 aliphatic heterocycles. The maximum absolute atomic E-state index is 13.2. The van der Waals surface area contributed by atoms with Crippen LogP contribution in [0.4, 0.5) is 19.0 Å². The molecule has 1 aromatic rings. The Balaban J connectivity index is 2.02. The van der Waals surface area contributed by atoms with Crippen molar-refractivity contribution < 1.29 is 27.5 Å². The third-order valence-electron chi connectivity index (χ3n) is 4.54. The third-order valence-corrected chi connectivity index (χ3v) is 4.54. The summed E-state index contributed by atoms with van der Waals surface area (Å²) in [6.07, 6.45) is -3.15. The van der Waals surface area contributed by atoms with Crippen LogP contribution in [-0.4, -0.2) is 36.1 Å². The summed E-state index contributed by atoms with van der Waals surface area (Å²) in [7, 11) is 0. The SMILES string of the molecule is CC1(C)OC(=O)c2c1ccnc2N1C[C@@H](C(F)(F)F)[C@H](C(N)=O)C1. The van der Waals surface area contributed by atoms with Crippen LogP contribution in [-0.2, 0) is 15.1 Å². The quantitative estimate of drug-likeness (QED) is 0.824. The standard InChI is InChI=1S/C15H16F3N3O3/c1-14(2)8-3-4-20-12(10(8)13(23)24-14)21-5-7(11(19)22)9(6-21)15(16,17)18/h3-4,7,9H,5-6H2,1-2H3,(H2,19,22)/t7-,9-/m1/s1. The van der Waals surface area contributed by atoms with Gasteiger partial charge < -0.3 is 15.4 Å². The first-order valence-electron chi connectivity index (χ1n) is 7.36. The number of alkyl halides is 3. The van der Waals surface area contributed by atoms with Gasteiger partial charge in [-0.05, 0) is 19.9 Å². The minimum atomic E-state index is -4.56. The van der Waals surface area contributed by atoms with Gasteiger partial charge in [0.1, 0.15) is 17.0 Å². The van der Waals surface area contributed by atoms with Crippen molar-refractivity contribution in [1.82, 2.24) is 4.98 Å². The Kier molecular flexibility index (Phi) is 3.50. The Labute approximate surface area is 135 Å². The number of fused-ring (bicyclic) bond motifs is 1. The number of cyclic esters (lactones) is 1. The highest BCUT2D eigenvalue weighted by atomic mass is 19.4. The van der Waals surface area contributed by atoms with Crippen molar-refractivity contribution in [3.63, 3.8) is 0 Å². The normalized spacial score (nSPS) is 25.5. The minimum absolute atomic E-state index is 0.0982. The van der Waals surface area contributed by atoms with Crippen LogP contribution in [0.2, 0.25) is 0 Å². The van der Waals surface area contributed by atoms with Gasteiger partial charge >= 0.3 is 12.1 Å². The summed E-state index contributed by atoms with van der Waals surface area (Å²) in [6.45, 7) is 2.66. The lowest BCUT2D eigenvalue weighted by Crippen LogP contribution is -2.37. The van der Waals surface area contributed by atoms with Crippen molar-refractivity contribution in [3.05, 3.63) is 23.4 Å². The molecule has 9 heteroatoms. The number of amides is 1. The summed E-state index contributed by atoms with van der Waals surface area (Å²) in [5.41, 5.74) is 4.96. The van der Waals surface area contributed by atoms with E-state index in [1.54, 1.807) is 19.9 Å². The molecule has 0 spiro atoms. The second-order valence-electron chi connectivity index (χ2n) is 6.52. The highest BCUT2D eigenvalue weighted by Gasteiger charge is 2.53. The molecule has 1 aromatic heterocycles. The molecule has 1 amide bonds. The van der Waals surface area contributed by atoms with Crippen LogP contribution in [0.1, 0.15) is 29.8 Å². The largest absolute Gasteiger partial charge is 0.451 e. The number of halogens is 3. The third kappa shape index (κ3) is 2.47. The van der Waals surface area contributed by atoms with Gasteiger partial charge in [-0.25, -0.2) is 9.78 Å². The van der Waals surface area contributed by atoms with Crippen LogP contribution < -0.4 is 10.6 Å². The monoisotopic (exact) mass is 343 g/mol. The van der Waals surface area contributed by atoms with E-state index in [9.17, 15) is 22.8 Å². The fourth-order valence-electron chi connectivity index (χ4n) is 3.33. The fraction of sp³-hybridized carbons (Fsp3) is 0.533. The number of carbonyl (C=O) groups excluding carboxylic acids is 2. The van der Waals surface area contributed by atoms with Gasteiger partial charge in [-0.3, -0.25) is 4.79 Å². The van der Waals surface area contributed by atoms with E-state index >= 15 is 0 Å². The minimum Gasteiger partial charge on any atom is -0.451 e. The Hall–Kier alpha value is -2.32. The smallest absolute Gasteiger partial charge is 0.394 e. The molecule has 0 radical (unpaired) electrons. The molecule has 2 N–H and O–H groups in total. The molecule has 0 aliphatic carbocycles. The van der Waals surface area contributed by atoms with Gasteiger partial charge in [-0.15, -0.1) is 0 Å². The molecule has 0 saturated carbocycles. The van der Waals surface area contributed by atoms with E-state index in [0.717, 1.165) is 0 Å². The van der Waals surface area contributed by atoms with Crippen molar-refractivity contribution in [2.24, 2.45) is 17.6 Å². The van der Waals surface area contributed by atoms with Crippen LogP contribution in [0, 0.1) is 11.8 Å². The lowest BCUT2D eigenvalue weighted by molar-refractivity contribution is -0.181. The van der Waals surface area contributed by atoms with Gasteiger partial charge in [0.2, 0.25) is 5.91 Å². The highest BCUT2D eigenvalue weighted by Crippen LogP contribution is 2.43. The van der Waals surface area contributed by atoms with E-state index in [2.05, 4.69) is 4.98 Å². The van der Waals surface area contributed by atoms with Gasteiger partial charge in [0.15, 0.2) is 0 Å². The van der Waals surface area contributed by atoms with Crippen molar-refractivity contribution in [2.75, 3.05) is 18.0 Å². The number of carbonyl (C=O) groups is 2.